The first-order chi connectivity index (χ1) is 41.4. The number of nitrogens with zero attached hydrogens (tertiary/aromatic N) is 1. The van der Waals surface area contributed by atoms with Crippen molar-refractivity contribution in [3.05, 3.63) is 60.8 Å². The lowest BCUT2D eigenvalue weighted by Gasteiger charge is -2.27. The van der Waals surface area contributed by atoms with Crippen LogP contribution in [0.4, 0.5) is 0 Å². The molecular weight excluding hydrogens is 1070 g/mol. The Labute approximate surface area is 528 Å². The van der Waals surface area contributed by atoms with Gasteiger partial charge in [-0.25, -0.2) is 4.57 Å². The van der Waals surface area contributed by atoms with E-state index in [4.69, 9.17) is 13.8 Å². The standard InChI is InChI=1S/C75H141N2O7P/c1-7-10-13-16-19-22-25-28-30-32-34-36-38-40-42-44-46-49-52-55-58-61-64-67-74(78)76-72(71-83-85(80,81)82-70-69-77(4,5)6)73(66-63-60-57-54-51-48-27-24-21-18-15-12-9-3)84-75(79)68-65-62-59-56-53-50-47-45-43-41-39-37-35-33-31-29-26-23-20-17-14-11-8-2/h19-20,22-23,28-31,63,66,72-73H,7-18,21,24-27,32-62,64-65,67-71H2,1-6H3,(H-,76,78,80,81)/p+1/b22-19-,23-20-,30-28-,31-29-,66-63+. The van der Waals surface area contributed by atoms with Crippen molar-refractivity contribution in [2.75, 3.05) is 40.9 Å². The van der Waals surface area contributed by atoms with E-state index in [0.717, 1.165) is 70.6 Å². The maximum atomic E-state index is 13.6. The minimum atomic E-state index is -4.46. The summed E-state index contributed by atoms with van der Waals surface area (Å²) in [5, 5.41) is 3.08. The van der Waals surface area contributed by atoms with E-state index in [0.29, 0.717) is 23.9 Å². The summed E-state index contributed by atoms with van der Waals surface area (Å²) in [6, 6.07) is -0.850. The number of ether oxygens (including phenoxy) is 1. The summed E-state index contributed by atoms with van der Waals surface area (Å²) in [4.78, 5) is 38.0. The van der Waals surface area contributed by atoms with E-state index >= 15 is 0 Å². The SMILES string of the molecule is CCCCC/C=C\C/C=C\CCCCCCCCCCCCCCCC(=O)NC(COP(=O)(O)OCC[N+](C)(C)C)C(/C=C/CCCCCCCCCCCCC)OC(=O)CCCCCCCCCCCCCCC/C=C\C/C=C\CCCCC. The number of carbonyl (C=O) groups is 2. The van der Waals surface area contributed by atoms with Crippen LogP contribution in [0.15, 0.2) is 60.8 Å². The van der Waals surface area contributed by atoms with Gasteiger partial charge in [-0.2, -0.15) is 0 Å². The molecule has 0 aromatic heterocycles. The number of rotatable bonds is 67. The number of unbranched alkanes of at least 4 members (excludes halogenated alkanes) is 43. The average Bonchev–Trinajstić information content (AvgIpc) is 3.52. The third-order valence-electron chi connectivity index (χ3n) is 16.4. The number of amides is 1. The fourth-order valence-electron chi connectivity index (χ4n) is 10.8. The number of allylic oxidation sites excluding steroid dienone is 9. The van der Waals surface area contributed by atoms with E-state index < -0.39 is 20.0 Å². The number of phosphoric ester groups is 1. The van der Waals surface area contributed by atoms with Gasteiger partial charge in [-0.1, -0.05) is 307 Å². The Morgan fingerprint density at radius 1 is 0.412 bits per heavy atom. The molecule has 2 N–H and O–H groups in total. The molecule has 0 saturated heterocycles. The lowest BCUT2D eigenvalue weighted by molar-refractivity contribution is -0.870. The molecule has 0 rings (SSSR count). The molecule has 3 atom stereocenters. The Hall–Kier alpha value is -2.29. The number of hydrogen-bond acceptors (Lipinski definition) is 6. The molecule has 0 bridgehead atoms. The van der Waals surface area contributed by atoms with E-state index in [2.05, 4.69) is 74.7 Å². The van der Waals surface area contributed by atoms with Crippen LogP contribution in [0.5, 0.6) is 0 Å². The van der Waals surface area contributed by atoms with Crippen LogP contribution in [0.1, 0.15) is 355 Å². The van der Waals surface area contributed by atoms with Gasteiger partial charge in [0.15, 0.2) is 0 Å². The Kier molecular flexibility index (Phi) is 62.9. The molecule has 0 heterocycles. The zero-order chi connectivity index (χ0) is 62.1. The summed E-state index contributed by atoms with van der Waals surface area (Å²) in [6.07, 6.45) is 83.7. The molecule has 0 spiro atoms. The fraction of sp³-hybridized carbons (Fsp3) is 0.840. The number of phosphoric acid groups is 1. The van der Waals surface area contributed by atoms with Crippen LogP contribution in [-0.2, 0) is 27.9 Å². The van der Waals surface area contributed by atoms with Crippen LogP contribution in [-0.4, -0.2) is 74.3 Å². The highest BCUT2D eigenvalue weighted by molar-refractivity contribution is 7.47. The van der Waals surface area contributed by atoms with Crippen LogP contribution in [0.2, 0.25) is 0 Å². The monoisotopic (exact) mass is 1210 g/mol. The number of esters is 1. The molecule has 0 aliphatic rings. The van der Waals surface area contributed by atoms with Crippen molar-refractivity contribution in [3.63, 3.8) is 0 Å². The molecule has 1 amide bonds. The summed E-state index contributed by atoms with van der Waals surface area (Å²) in [5.74, 6) is -0.492. The van der Waals surface area contributed by atoms with Crippen molar-refractivity contribution in [1.82, 2.24) is 5.32 Å². The van der Waals surface area contributed by atoms with E-state index in [1.165, 1.54) is 250 Å². The average molecular weight is 1210 g/mol. The van der Waals surface area contributed by atoms with Gasteiger partial charge in [0.05, 0.1) is 33.8 Å². The van der Waals surface area contributed by atoms with E-state index in [-0.39, 0.29) is 25.1 Å². The van der Waals surface area contributed by atoms with Crippen molar-refractivity contribution in [1.29, 1.82) is 0 Å². The largest absolute Gasteiger partial charge is 0.472 e. The molecule has 0 fully saturated rings. The lowest BCUT2D eigenvalue weighted by Crippen LogP contribution is -2.47. The quantitative estimate of drug-likeness (QED) is 0.0205. The van der Waals surface area contributed by atoms with Crippen LogP contribution in [0.3, 0.4) is 0 Å². The topological polar surface area (TPSA) is 111 Å². The van der Waals surface area contributed by atoms with Gasteiger partial charge in [-0.3, -0.25) is 18.6 Å². The maximum absolute atomic E-state index is 13.6. The van der Waals surface area contributed by atoms with Gasteiger partial charge in [0, 0.05) is 12.8 Å². The minimum absolute atomic E-state index is 0.0405. The van der Waals surface area contributed by atoms with Gasteiger partial charge in [-0.05, 0) is 96.0 Å². The summed E-state index contributed by atoms with van der Waals surface area (Å²) >= 11 is 0. The molecule has 0 aromatic carbocycles. The maximum Gasteiger partial charge on any atom is 0.472 e. The molecule has 85 heavy (non-hydrogen) atoms. The Bertz CT molecular complexity index is 1640. The van der Waals surface area contributed by atoms with Crippen molar-refractivity contribution in [2.45, 2.75) is 367 Å². The highest BCUT2D eigenvalue weighted by Gasteiger charge is 2.30. The Morgan fingerprint density at radius 3 is 1.08 bits per heavy atom. The van der Waals surface area contributed by atoms with Gasteiger partial charge in [-0.15, -0.1) is 0 Å². The predicted octanol–water partition coefficient (Wildman–Crippen LogP) is 23.3. The van der Waals surface area contributed by atoms with Crippen molar-refractivity contribution in [3.8, 4) is 0 Å². The van der Waals surface area contributed by atoms with Crippen LogP contribution < -0.4 is 5.32 Å². The first-order valence-electron chi connectivity index (χ1n) is 36.6. The molecule has 498 valence electrons. The highest BCUT2D eigenvalue weighted by atomic mass is 31.2. The van der Waals surface area contributed by atoms with Gasteiger partial charge in [0.2, 0.25) is 5.91 Å². The Balaban J connectivity index is 5.06. The fourth-order valence-corrected chi connectivity index (χ4v) is 11.5. The molecule has 0 aliphatic carbocycles. The second-order valence-corrected chi connectivity index (χ2v) is 27.6. The second kappa shape index (κ2) is 64.7. The van der Waals surface area contributed by atoms with E-state index in [1.807, 2.05) is 33.3 Å². The smallest absolute Gasteiger partial charge is 0.456 e. The third kappa shape index (κ3) is 66.0. The van der Waals surface area contributed by atoms with Crippen LogP contribution in [0.25, 0.3) is 0 Å². The number of nitrogens with one attached hydrogen (secondary N) is 1. The zero-order valence-electron chi connectivity index (χ0n) is 57.1. The molecule has 0 saturated carbocycles. The highest BCUT2D eigenvalue weighted by Crippen LogP contribution is 2.43. The third-order valence-corrected chi connectivity index (χ3v) is 17.4. The predicted molar refractivity (Wildman–Crippen MR) is 369 cm³/mol. The van der Waals surface area contributed by atoms with Crippen molar-refractivity contribution in [2.24, 2.45) is 0 Å². The number of quaternary nitrogens is 1. The van der Waals surface area contributed by atoms with Crippen molar-refractivity contribution < 1.29 is 37.3 Å². The Morgan fingerprint density at radius 2 is 0.718 bits per heavy atom. The van der Waals surface area contributed by atoms with Crippen molar-refractivity contribution >= 4 is 19.7 Å². The van der Waals surface area contributed by atoms with E-state index in [9.17, 15) is 19.0 Å². The summed E-state index contributed by atoms with van der Waals surface area (Å²) in [6.45, 7) is 7.01. The second-order valence-electron chi connectivity index (χ2n) is 26.1. The molecule has 3 unspecified atom stereocenters. The van der Waals surface area contributed by atoms with Gasteiger partial charge in [0.25, 0.3) is 0 Å². The van der Waals surface area contributed by atoms with Crippen LogP contribution >= 0.6 is 7.82 Å². The summed E-state index contributed by atoms with van der Waals surface area (Å²) in [5.41, 5.74) is 0. The van der Waals surface area contributed by atoms with Gasteiger partial charge >= 0.3 is 13.8 Å². The molecule has 0 radical (unpaired) electrons. The first kappa shape index (κ1) is 82.7. The number of likely N-dealkylation sites (N-methyl/N-ethyl adjacent to an activating group) is 1. The number of carbonyl (C=O) groups excluding carboxylic acids is 2. The normalized spacial score (nSPS) is 13.8. The zero-order valence-corrected chi connectivity index (χ0v) is 58.0. The molecular formula is C75H142N2O7P+. The van der Waals surface area contributed by atoms with Gasteiger partial charge in [0.1, 0.15) is 19.3 Å². The molecule has 0 aromatic rings. The molecule has 9 nitrogen and oxygen atoms in total. The number of hydrogen-bond donors (Lipinski definition) is 2. The van der Waals surface area contributed by atoms with Gasteiger partial charge < -0.3 is 19.4 Å². The summed E-state index contributed by atoms with van der Waals surface area (Å²) < 4.78 is 30.9. The first-order valence-corrected chi connectivity index (χ1v) is 38.1. The summed E-state index contributed by atoms with van der Waals surface area (Å²) in [7, 11) is 1.51. The minimum Gasteiger partial charge on any atom is -0.456 e. The van der Waals surface area contributed by atoms with E-state index in [1.54, 1.807) is 0 Å². The molecule has 0 aliphatic heterocycles. The molecule has 10 heteroatoms. The lowest BCUT2D eigenvalue weighted by atomic mass is 10.0. The van der Waals surface area contributed by atoms with Crippen LogP contribution in [0, 0.1) is 0 Å².